The van der Waals surface area contributed by atoms with Crippen LogP contribution in [0.4, 0.5) is 0 Å². The van der Waals surface area contributed by atoms with Gasteiger partial charge in [-0.25, -0.2) is 0 Å². The minimum Gasteiger partial charge on any atom is -0.335 e. The van der Waals surface area contributed by atoms with Gasteiger partial charge in [-0.2, -0.15) is 5.26 Å². The molecular weight excluding hydrogens is 200 g/mol. The smallest absolute Gasteiger partial charge is 0.226 e. The van der Waals surface area contributed by atoms with E-state index >= 15 is 0 Å². The van der Waals surface area contributed by atoms with Crippen molar-refractivity contribution in [1.29, 1.82) is 5.26 Å². The fourth-order valence-corrected chi connectivity index (χ4v) is 2.60. The highest BCUT2D eigenvalue weighted by molar-refractivity contribution is 5.84. The van der Waals surface area contributed by atoms with Crippen LogP contribution in [0.3, 0.4) is 0 Å². The Kier molecular flexibility index (Phi) is 1.97. The van der Waals surface area contributed by atoms with Crippen molar-refractivity contribution in [2.45, 2.75) is 25.4 Å². The van der Waals surface area contributed by atoms with E-state index in [4.69, 9.17) is 5.26 Å². The van der Waals surface area contributed by atoms with Crippen molar-refractivity contribution in [1.82, 2.24) is 4.90 Å². The van der Waals surface area contributed by atoms with Gasteiger partial charge in [-0.05, 0) is 30.5 Å². The van der Waals surface area contributed by atoms with Crippen LogP contribution >= 0.6 is 0 Å². The number of hydrogen-bond donors (Lipinski definition) is 0. The van der Waals surface area contributed by atoms with Gasteiger partial charge >= 0.3 is 0 Å². The number of nitriles is 1. The first-order valence-electron chi connectivity index (χ1n) is 5.57. The standard InChI is InChI=1S/C13H12N2O/c14-7-9-2-1-3-10(4-9)8-15-12-5-11(6-12)13(15)16/h1-4,11-12H,5-6,8H2. The zero-order chi connectivity index (χ0) is 11.1. The zero-order valence-corrected chi connectivity index (χ0v) is 8.89. The summed E-state index contributed by atoms with van der Waals surface area (Å²) in [6, 6.07) is 10.1. The first-order valence-corrected chi connectivity index (χ1v) is 5.57. The van der Waals surface area contributed by atoms with Crippen LogP contribution in [0.15, 0.2) is 24.3 Å². The zero-order valence-electron chi connectivity index (χ0n) is 8.89. The molecule has 0 unspecified atom stereocenters. The van der Waals surface area contributed by atoms with Crippen molar-refractivity contribution < 1.29 is 4.79 Å². The number of rotatable bonds is 2. The lowest BCUT2D eigenvalue weighted by atomic mass is 9.86. The summed E-state index contributed by atoms with van der Waals surface area (Å²) in [4.78, 5) is 13.7. The number of carbonyl (C=O) groups is 1. The molecule has 3 heteroatoms. The number of fused-ring (bicyclic) bond motifs is 1. The average Bonchev–Trinajstić information content (AvgIpc) is 2.69. The highest BCUT2D eigenvalue weighted by atomic mass is 16.2. The van der Waals surface area contributed by atoms with Crippen LogP contribution in [0, 0.1) is 17.2 Å². The van der Waals surface area contributed by atoms with Crippen molar-refractivity contribution in [3.8, 4) is 6.07 Å². The van der Waals surface area contributed by atoms with Gasteiger partial charge in [0.2, 0.25) is 5.91 Å². The van der Waals surface area contributed by atoms with E-state index in [0.717, 1.165) is 18.4 Å². The van der Waals surface area contributed by atoms with Crippen LogP contribution in [0.2, 0.25) is 0 Å². The Hall–Kier alpha value is -1.82. The maximum Gasteiger partial charge on any atom is 0.226 e. The van der Waals surface area contributed by atoms with Gasteiger partial charge in [0.15, 0.2) is 0 Å². The molecule has 0 aromatic heterocycles. The normalized spacial score (nSPS) is 26.4. The van der Waals surface area contributed by atoms with E-state index in [0.29, 0.717) is 30.0 Å². The van der Waals surface area contributed by atoms with E-state index in [1.54, 1.807) is 6.07 Å². The van der Waals surface area contributed by atoms with Crippen LogP contribution in [0.1, 0.15) is 24.0 Å². The molecule has 1 aliphatic carbocycles. The lowest BCUT2D eigenvalue weighted by Gasteiger charge is -2.25. The van der Waals surface area contributed by atoms with Gasteiger partial charge in [0.25, 0.3) is 0 Å². The summed E-state index contributed by atoms with van der Waals surface area (Å²) in [5.41, 5.74) is 1.72. The lowest BCUT2D eigenvalue weighted by Crippen LogP contribution is -2.29. The monoisotopic (exact) mass is 212 g/mol. The molecule has 4 rings (SSSR count). The fraction of sp³-hybridized carbons (Fsp3) is 0.385. The summed E-state index contributed by atoms with van der Waals surface area (Å²) < 4.78 is 0. The van der Waals surface area contributed by atoms with Crippen LogP contribution in [-0.4, -0.2) is 16.8 Å². The number of hydrogen-bond acceptors (Lipinski definition) is 2. The summed E-state index contributed by atoms with van der Waals surface area (Å²) in [7, 11) is 0. The van der Waals surface area contributed by atoms with Gasteiger partial charge in [-0.15, -0.1) is 0 Å². The molecule has 0 radical (unpaired) electrons. The van der Waals surface area contributed by atoms with E-state index in [-0.39, 0.29) is 0 Å². The molecule has 2 heterocycles. The Morgan fingerprint density at radius 1 is 1.44 bits per heavy atom. The van der Waals surface area contributed by atoms with E-state index in [1.165, 1.54) is 0 Å². The summed E-state index contributed by atoms with van der Waals surface area (Å²) in [6.45, 7) is 0.662. The van der Waals surface area contributed by atoms with Crippen LogP contribution < -0.4 is 0 Å². The number of nitrogens with zero attached hydrogens (tertiary/aromatic N) is 2. The van der Waals surface area contributed by atoms with Gasteiger partial charge in [0.05, 0.1) is 11.6 Å². The summed E-state index contributed by atoms with van der Waals surface area (Å²) in [6.07, 6.45) is 2.08. The van der Waals surface area contributed by atoms with Crippen molar-refractivity contribution in [3.63, 3.8) is 0 Å². The molecule has 1 aromatic carbocycles. The molecule has 0 N–H and O–H groups in total. The minimum absolute atomic E-state index is 0.296. The second-order valence-electron chi connectivity index (χ2n) is 4.60. The average molecular weight is 212 g/mol. The number of benzene rings is 1. The van der Waals surface area contributed by atoms with Crippen molar-refractivity contribution in [3.05, 3.63) is 35.4 Å². The molecule has 1 saturated carbocycles. The summed E-state index contributed by atoms with van der Waals surface area (Å²) >= 11 is 0. The maximum absolute atomic E-state index is 11.8. The topological polar surface area (TPSA) is 44.1 Å². The Labute approximate surface area is 94.3 Å². The lowest BCUT2D eigenvalue weighted by molar-refractivity contribution is -0.129. The van der Waals surface area contributed by atoms with E-state index in [9.17, 15) is 4.79 Å². The first-order chi connectivity index (χ1) is 7.78. The third-order valence-electron chi connectivity index (χ3n) is 3.60. The fourth-order valence-electron chi connectivity index (χ4n) is 2.60. The molecule has 1 amide bonds. The van der Waals surface area contributed by atoms with Gasteiger partial charge in [0.1, 0.15) is 0 Å². The molecule has 3 fully saturated rings. The minimum atomic E-state index is 0.296. The molecule has 0 atom stereocenters. The van der Waals surface area contributed by atoms with Gasteiger partial charge in [0, 0.05) is 18.5 Å². The Balaban J connectivity index is 1.79. The predicted octanol–water partition coefficient (Wildman–Crippen LogP) is 1.68. The molecule has 0 spiro atoms. The van der Waals surface area contributed by atoms with Gasteiger partial charge < -0.3 is 4.90 Å². The quantitative estimate of drug-likeness (QED) is 0.748. The van der Waals surface area contributed by atoms with Crippen LogP contribution in [0.25, 0.3) is 0 Å². The summed E-state index contributed by atoms with van der Waals surface area (Å²) in [5, 5.41) is 8.80. The molecular formula is C13H12N2O. The maximum atomic E-state index is 11.8. The highest BCUT2D eigenvalue weighted by Gasteiger charge is 2.49. The predicted molar refractivity (Wildman–Crippen MR) is 58.2 cm³/mol. The van der Waals surface area contributed by atoms with E-state index in [1.807, 2.05) is 23.1 Å². The van der Waals surface area contributed by atoms with Crippen molar-refractivity contribution >= 4 is 5.91 Å². The SMILES string of the molecule is N#Cc1cccc(CN2C(=O)C3CC2C3)c1. The third kappa shape index (κ3) is 1.30. The van der Waals surface area contributed by atoms with Crippen molar-refractivity contribution in [2.75, 3.05) is 0 Å². The second kappa shape index (κ2) is 3.34. The molecule has 2 saturated heterocycles. The molecule has 16 heavy (non-hydrogen) atoms. The Bertz CT molecular complexity index is 483. The van der Waals surface area contributed by atoms with Crippen LogP contribution in [0.5, 0.6) is 0 Å². The van der Waals surface area contributed by atoms with E-state index in [2.05, 4.69) is 6.07 Å². The van der Waals surface area contributed by atoms with Gasteiger partial charge in [-0.3, -0.25) is 4.79 Å². The third-order valence-corrected chi connectivity index (χ3v) is 3.60. The van der Waals surface area contributed by atoms with Crippen LogP contribution in [-0.2, 0) is 11.3 Å². The Morgan fingerprint density at radius 2 is 2.25 bits per heavy atom. The Morgan fingerprint density at radius 3 is 2.88 bits per heavy atom. The van der Waals surface area contributed by atoms with Crippen molar-refractivity contribution in [2.24, 2.45) is 5.92 Å². The summed E-state index contributed by atoms with van der Waals surface area (Å²) in [5.74, 6) is 0.594. The first kappa shape index (κ1) is 9.41. The molecule has 3 aliphatic rings. The number of amides is 1. The van der Waals surface area contributed by atoms with Gasteiger partial charge in [-0.1, -0.05) is 12.1 Å². The second-order valence-corrected chi connectivity index (χ2v) is 4.60. The molecule has 2 bridgehead atoms. The molecule has 1 aromatic rings. The molecule has 3 nitrogen and oxygen atoms in total. The largest absolute Gasteiger partial charge is 0.335 e. The molecule has 80 valence electrons. The molecule has 2 aliphatic heterocycles. The van der Waals surface area contributed by atoms with E-state index < -0.39 is 0 Å². The number of carbonyl (C=O) groups excluding carboxylic acids is 1. The highest BCUT2D eigenvalue weighted by Crippen LogP contribution is 2.42.